The van der Waals surface area contributed by atoms with Gasteiger partial charge < -0.3 is 5.11 Å². The van der Waals surface area contributed by atoms with E-state index in [9.17, 15) is 9.50 Å². The standard InChI is InChI=1S/C11H8ClFN2O/c12-10-8(2-1-3-9(10)13)11(16)7-4-14-6-15-5-7/h1-6,11,16H. The number of halogens is 2. The van der Waals surface area contributed by atoms with E-state index < -0.39 is 11.9 Å². The molecular weight excluding hydrogens is 231 g/mol. The van der Waals surface area contributed by atoms with E-state index in [4.69, 9.17) is 11.6 Å². The van der Waals surface area contributed by atoms with Crippen LogP contribution < -0.4 is 0 Å². The third-order valence-corrected chi connectivity index (χ3v) is 2.57. The molecule has 0 radical (unpaired) electrons. The van der Waals surface area contributed by atoms with Crippen molar-refractivity contribution in [3.63, 3.8) is 0 Å². The minimum atomic E-state index is -1.02. The van der Waals surface area contributed by atoms with Crippen molar-refractivity contribution in [3.05, 3.63) is 58.9 Å². The Bertz CT molecular complexity index is 493. The van der Waals surface area contributed by atoms with E-state index in [2.05, 4.69) is 9.97 Å². The van der Waals surface area contributed by atoms with Gasteiger partial charge in [0.15, 0.2) is 0 Å². The lowest BCUT2D eigenvalue weighted by Crippen LogP contribution is -2.02. The summed E-state index contributed by atoms with van der Waals surface area (Å²) in [6.45, 7) is 0. The lowest BCUT2D eigenvalue weighted by atomic mass is 10.0. The Morgan fingerprint density at radius 3 is 2.62 bits per heavy atom. The number of aromatic nitrogens is 2. The third kappa shape index (κ3) is 2.03. The second-order valence-electron chi connectivity index (χ2n) is 3.22. The van der Waals surface area contributed by atoms with Gasteiger partial charge in [0.25, 0.3) is 0 Å². The van der Waals surface area contributed by atoms with Crippen LogP contribution in [0.4, 0.5) is 4.39 Å². The molecule has 1 N–H and O–H groups in total. The van der Waals surface area contributed by atoms with Crippen molar-refractivity contribution >= 4 is 11.6 Å². The van der Waals surface area contributed by atoms with E-state index >= 15 is 0 Å². The maximum Gasteiger partial charge on any atom is 0.142 e. The van der Waals surface area contributed by atoms with E-state index in [-0.39, 0.29) is 5.02 Å². The molecule has 5 heteroatoms. The number of benzene rings is 1. The molecule has 0 fully saturated rings. The average Bonchev–Trinajstić information content (AvgIpc) is 2.33. The number of nitrogens with zero attached hydrogens (tertiary/aromatic N) is 2. The van der Waals surface area contributed by atoms with Gasteiger partial charge in [-0.2, -0.15) is 0 Å². The second kappa shape index (κ2) is 4.55. The Kier molecular flexibility index (Phi) is 3.12. The van der Waals surface area contributed by atoms with Crippen LogP contribution in [0.5, 0.6) is 0 Å². The molecule has 1 heterocycles. The molecule has 3 nitrogen and oxygen atoms in total. The van der Waals surface area contributed by atoms with Crippen LogP contribution in [0.25, 0.3) is 0 Å². The van der Waals surface area contributed by atoms with Crippen molar-refractivity contribution in [2.75, 3.05) is 0 Å². The molecule has 0 saturated carbocycles. The van der Waals surface area contributed by atoms with Crippen LogP contribution in [0.3, 0.4) is 0 Å². The van der Waals surface area contributed by atoms with Gasteiger partial charge in [-0.1, -0.05) is 23.7 Å². The number of hydrogen-bond acceptors (Lipinski definition) is 3. The zero-order valence-electron chi connectivity index (χ0n) is 8.14. The summed E-state index contributed by atoms with van der Waals surface area (Å²) >= 11 is 5.76. The summed E-state index contributed by atoms with van der Waals surface area (Å²) in [7, 11) is 0. The first-order valence-electron chi connectivity index (χ1n) is 4.57. The van der Waals surface area contributed by atoms with Crippen LogP contribution in [-0.2, 0) is 0 Å². The molecule has 0 saturated heterocycles. The van der Waals surface area contributed by atoms with Crippen molar-refractivity contribution in [1.29, 1.82) is 0 Å². The summed E-state index contributed by atoms with van der Waals surface area (Å²) in [4.78, 5) is 7.55. The van der Waals surface area contributed by atoms with Crippen LogP contribution in [0.1, 0.15) is 17.2 Å². The quantitative estimate of drug-likeness (QED) is 0.874. The first-order chi connectivity index (χ1) is 7.70. The summed E-state index contributed by atoms with van der Waals surface area (Å²) in [5, 5.41) is 9.88. The highest BCUT2D eigenvalue weighted by atomic mass is 35.5. The summed E-state index contributed by atoms with van der Waals surface area (Å²) < 4.78 is 13.2. The van der Waals surface area contributed by atoms with Gasteiger partial charge in [-0.25, -0.2) is 14.4 Å². The highest BCUT2D eigenvalue weighted by molar-refractivity contribution is 6.31. The zero-order chi connectivity index (χ0) is 11.5. The van der Waals surface area contributed by atoms with Gasteiger partial charge in [0.2, 0.25) is 0 Å². The molecule has 1 atom stereocenters. The van der Waals surface area contributed by atoms with E-state index in [1.807, 2.05) is 0 Å². The molecule has 0 aliphatic heterocycles. The summed E-state index contributed by atoms with van der Waals surface area (Å²) in [6, 6.07) is 4.28. The third-order valence-electron chi connectivity index (χ3n) is 2.17. The normalized spacial score (nSPS) is 12.4. The van der Waals surface area contributed by atoms with Crippen LogP contribution in [0.2, 0.25) is 5.02 Å². The number of hydrogen-bond donors (Lipinski definition) is 1. The Hall–Kier alpha value is -1.52. The fourth-order valence-corrected chi connectivity index (χ4v) is 1.59. The molecule has 82 valence electrons. The fourth-order valence-electron chi connectivity index (χ4n) is 1.36. The molecule has 2 aromatic rings. The maximum atomic E-state index is 13.2. The number of aliphatic hydroxyl groups excluding tert-OH is 1. The molecule has 16 heavy (non-hydrogen) atoms. The smallest absolute Gasteiger partial charge is 0.142 e. The molecule has 0 aliphatic rings. The van der Waals surface area contributed by atoms with Crippen molar-refractivity contribution in [3.8, 4) is 0 Å². The first kappa shape index (κ1) is 11.0. The Balaban J connectivity index is 2.42. The molecule has 0 amide bonds. The molecular formula is C11H8ClFN2O. The van der Waals surface area contributed by atoms with Gasteiger partial charge in [-0.15, -0.1) is 0 Å². The Labute approximate surface area is 96.6 Å². The number of aliphatic hydroxyl groups is 1. The first-order valence-corrected chi connectivity index (χ1v) is 4.95. The molecule has 1 aromatic heterocycles. The van der Waals surface area contributed by atoms with Gasteiger partial charge >= 0.3 is 0 Å². The van der Waals surface area contributed by atoms with Crippen LogP contribution >= 0.6 is 11.6 Å². The average molecular weight is 239 g/mol. The van der Waals surface area contributed by atoms with Gasteiger partial charge in [-0.3, -0.25) is 0 Å². The van der Waals surface area contributed by atoms with E-state index in [1.165, 1.54) is 30.9 Å². The highest BCUT2D eigenvalue weighted by Gasteiger charge is 2.16. The van der Waals surface area contributed by atoms with Crippen LogP contribution in [0, 0.1) is 5.82 Å². The topological polar surface area (TPSA) is 46.0 Å². The Morgan fingerprint density at radius 2 is 1.94 bits per heavy atom. The van der Waals surface area contributed by atoms with Gasteiger partial charge in [0, 0.05) is 23.5 Å². The highest BCUT2D eigenvalue weighted by Crippen LogP contribution is 2.29. The largest absolute Gasteiger partial charge is 0.383 e. The van der Waals surface area contributed by atoms with Crippen molar-refractivity contribution in [2.24, 2.45) is 0 Å². The van der Waals surface area contributed by atoms with Crippen molar-refractivity contribution in [2.45, 2.75) is 6.10 Å². The van der Waals surface area contributed by atoms with Crippen molar-refractivity contribution < 1.29 is 9.50 Å². The van der Waals surface area contributed by atoms with Gasteiger partial charge in [-0.05, 0) is 6.07 Å². The minimum Gasteiger partial charge on any atom is -0.383 e. The van der Waals surface area contributed by atoms with Crippen molar-refractivity contribution in [1.82, 2.24) is 9.97 Å². The lowest BCUT2D eigenvalue weighted by molar-refractivity contribution is 0.219. The van der Waals surface area contributed by atoms with Crippen LogP contribution in [0.15, 0.2) is 36.9 Å². The molecule has 0 bridgehead atoms. The molecule has 1 unspecified atom stereocenters. The monoisotopic (exact) mass is 238 g/mol. The predicted molar refractivity (Wildman–Crippen MR) is 57.5 cm³/mol. The Morgan fingerprint density at radius 1 is 1.25 bits per heavy atom. The second-order valence-corrected chi connectivity index (χ2v) is 3.60. The van der Waals surface area contributed by atoms with E-state index in [1.54, 1.807) is 6.07 Å². The lowest BCUT2D eigenvalue weighted by Gasteiger charge is -2.12. The predicted octanol–water partition coefficient (Wildman–Crippen LogP) is 2.35. The summed E-state index contributed by atoms with van der Waals surface area (Å²) in [6.07, 6.45) is 3.24. The molecule has 0 spiro atoms. The maximum absolute atomic E-state index is 13.2. The molecule has 1 aromatic carbocycles. The van der Waals surface area contributed by atoms with Crippen LogP contribution in [-0.4, -0.2) is 15.1 Å². The minimum absolute atomic E-state index is 0.0844. The zero-order valence-corrected chi connectivity index (χ0v) is 8.89. The summed E-state index contributed by atoms with van der Waals surface area (Å²) in [5.41, 5.74) is 0.770. The molecule has 0 aliphatic carbocycles. The summed E-state index contributed by atoms with van der Waals surface area (Å²) in [5.74, 6) is -0.560. The molecule has 2 rings (SSSR count). The number of rotatable bonds is 2. The van der Waals surface area contributed by atoms with Gasteiger partial charge in [0.05, 0.1) is 5.02 Å². The van der Waals surface area contributed by atoms with E-state index in [0.717, 1.165) is 0 Å². The SMILES string of the molecule is OC(c1cncnc1)c1cccc(F)c1Cl. The van der Waals surface area contributed by atoms with E-state index in [0.29, 0.717) is 11.1 Å². The van der Waals surface area contributed by atoms with Gasteiger partial charge in [0.1, 0.15) is 18.2 Å². The fraction of sp³-hybridized carbons (Fsp3) is 0.0909.